The Morgan fingerprint density at radius 1 is 1.55 bits per heavy atom. The van der Waals surface area contributed by atoms with Gasteiger partial charge in [0.25, 0.3) is 0 Å². The molecule has 0 aliphatic rings. The van der Waals surface area contributed by atoms with Crippen molar-refractivity contribution in [2.45, 2.75) is 25.9 Å². The number of thioether (sulfide) groups is 1. The van der Waals surface area contributed by atoms with E-state index in [0.29, 0.717) is 11.4 Å². The minimum atomic E-state index is -0.895. The molecule has 0 saturated heterocycles. The zero-order valence-corrected chi connectivity index (χ0v) is 14.5. The first kappa shape index (κ1) is 17.1. The smallest absolute Gasteiger partial charge is 0.226 e. The number of nitrogens with one attached hydrogen (secondary N) is 1. The summed E-state index contributed by atoms with van der Waals surface area (Å²) in [5.41, 5.74) is -0.190. The van der Waals surface area contributed by atoms with Gasteiger partial charge in [0.1, 0.15) is 5.76 Å². The van der Waals surface area contributed by atoms with Crippen LogP contribution in [0.15, 0.2) is 21.9 Å². The molecular weight excluding hydrogens is 320 g/mol. The summed E-state index contributed by atoms with van der Waals surface area (Å²) in [7, 11) is 0. The summed E-state index contributed by atoms with van der Waals surface area (Å²) in [5.74, 6) is 1.98. The first-order valence-corrected chi connectivity index (χ1v) is 9.16. The fourth-order valence-electron chi connectivity index (χ4n) is 1.93. The Morgan fingerprint density at radius 3 is 2.95 bits per heavy atom. The van der Waals surface area contributed by atoms with E-state index in [4.69, 9.17) is 4.42 Å². The maximum Gasteiger partial charge on any atom is 0.226 e. The summed E-state index contributed by atoms with van der Waals surface area (Å²) >= 11 is 3.00. The van der Waals surface area contributed by atoms with Crippen molar-refractivity contribution in [1.29, 1.82) is 0 Å². The lowest BCUT2D eigenvalue weighted by Crippen LogP contribution is -2.42. The second-order valence-electron chi connectivity index (χ2n) is 5.44. The van der Waals surface area contributed by atoms with Crippen molar-refractivity contribution in [2.75, 3.05) is 18.6 Å². The fraction of sp³-hybridized carbons (Fsp3) is 0.467. The predicted molar refractivity (Wildman–Crippen MR) is 90.3 cm³/mol. The molecule has 0 bridgehead atoms. The highest BCUT2D eigenvalue weighted by Crippen LogP contribution is 2.25. The summed E-state index contributed by atoms with van der Waals surface area (Å²) < 4.78 is 5.52. The Balaban J connectivity index is 1.89. The van der Waals surface area contributed by atoms with Crippen LogP contribution in [0.4, 0.5) is 0 Å². The second kappa shape index (κ2) is 7.30. The highest BCUT2D eigenvalue weighted by molar-refractivity contribution is 7.98. The SMILES string of the molecule is CSCC(C)(O)CNC(=O)Cc1csc(-c2ccc(C)o2)n1. The van der Waals surface area contributed by atoms with Crippen LogP contribution < -0.4 is 5.32 Å². The van der Waals surface area contributed by atoms with Gasteiger partial charge in [0.2, 0.25) is 5.91 Å². The molecule has 2 rings (SSSR count). The largest absolute Gasteiger partial charge is 0.459 e. The van der Waals surface area contributed by atoms with Crippen LogP contribution in [0.1, 0.15) is 18.4 Å². The highest BCUT2D eigenvalue weighted by Gasteiger charge is 2.20. The van der Waals surface area contributed by atoms with Crippen molar-refractivity contribution in [3.05, 3.63) is 29.0 Å². The van der Waals surface area contributed by atoms with Gasteiger partial charge in [-0.3, -0.25) is 4.79 Å². The number of furan rings is 1. The van der Waals surface area contributed by atoms with Crippen molar-refractivity contribution in [3.8, 4) is 10.8 Å². The molecule has 2 aromatic rings. The molecule has 0 radical (unpaired) electrons. The van der Waals surface area contributed by atoms with Crippen LogP contribution in [0, 0.1) is 6.92 Å². The molecule has 22 heavy (non-hydrogen) atoms. The second-order valence-corrected chi connectivity index (χ2v) is 7.16. The number of aryl methyl sites for hydroxylation is 1. The van der Waals surface area contributed by atoms with E-state index in [-0.39, 0.29) is 18.9 Å². The Labute approximate surface area is 138 Å². The number of rotatable bonds is 7. The number of hydrogen-bond donors (Lipinski definition) is 2. The van der Waals surface area contributed by atoms with Gasteiger partial charge in [0.15, 0.2) is 10.8 Å². The molecule has 120 valence electrons. The van der Waals surface area contributed by atoms with Crippen LogP contribution in [0.3, 0.4) is 0 Å². The van der Waals surface area contributed by atoms with Gasteiger partial charge in [-0.15, -0.1) is 11.3 Å². The Bertz CT molecular complexity index is 634. The minimum absolute atomic E-state index is 0.145. The number of carbonyl (C=O) groups is 1. The zero-order chi connectivity index (χ0) is 16.2. The fourth-order valence-corrected chi connectivity index (χ4v) is 3.43. The molecule has 0 aromatic carbocycles. The molecule has 0 saturated carbocycles. The van der Waals surface area contributed by atoms with E-state index >= 15 is 0 Å². The van der Waals surface area contributed by atoms with Crippen LogP contribution in [0.25, 0.3) is 10.8 Å². The first-order chi connectivity index (χ1) is 10.4. The van der Waals surface area contributed by atoms with Gasteiger partial charge in [-0.1, -0.05) is 0 Å². The average Bonchev–Trinajstić information content (AvgIpc) is 3.05. The molecule has 1 unspecified atom stereocenters. The van der Waals surface area contributed by atoms with Gasteiger partial charge in [0, 0.05) is 17.7 Å². The minimum Gasteiger partial charge on any atom is -0.459 e. The number of carbonyl (C=O) groups excluding carboxylic acids is 1. The molecule has 1 amide bonds. The van der Waals surface area contributed by atoms with Gasteiger partial charge >= 0.3 is 0 Å². The predicted octanol–water partition coefficient (Wildman–Crippen LogP) is 2.48. The molecule has 7 heteroatoms. The Hall–Kier alpha value is -1.31. The van der Waals surface area contributed by atoms with Gasteiger partial charge in [-0.2, -0.15) is 11.8 Å². The molecule has 1 atom stereocenters. The van der Waals surface area contributed by atoms with Crippen molar-refractivity contribution < 1.29 is 14.3 Å². The van der Waals surface area contributed by atoms with Gasteiger partial charge in [-0.05, 0) is 32.2 Å². The van der Waals surface area contributed by atoms with Crippen LogP contribution in [-0.2, 0) is 11.2 Å². The molecule has 0 aliphatic heterocycles. The molecule has 5 nitrogen and oxygen atoms in total. The summed E-state index contributed by atoms with van der Waals surface area (Å²) in [6, 6.07) is 3.76. The molecular formula is C15H20N2O3S2. The standard InChI is InChI=1S/C15H20N2O3S2/c1-10-4-5-12(20-10)14-17-11(7-22-14)6-13(18)16-8-15(2,19)9-21-3/h4-5,7,19H,6,8-9H2,1-3H3,(H,16,18). The van der Waals surface area contributed by atoms with E-state index in [0.717, 1.165) is 16.5 Å². The van der Waals surface area contributed by atoms with E-state index in [1.54, 1.807) is 18.7 Å². The lowest BCUT2D eigenvalue weighted by atomic mass is 10.1. The number of aliphatic hydroxyl groups is 1. The molecule has 0 spiro atoms. The lowest BCUT2D eigenvalue weighted by molar-refractivity contribution is -0.121. The van der Waals surface area contributed by atoms with Gasteiger partial charge in [0.05, 0.1) is 17.7 Å². The van der Waals surface area contributed by atoms with Crippen molar-refractivity contribution in [3.63, 3.8) is 0 Å². The van der Waals surface area contributed by atoms with Gasteiger partial charge < -0.3 is 14.8 Å². The summed E-state index contributed by atoms with van der Waals surface area (Å²) in [4.78, 5) is 16.3. The van der Waals surface area contributed by atoms with Crippen LogP contribution in [0.2, 0.25) is 0 Å². The van der Waals surface area contributed by atoms with E-state index in [9.17, 15) is 9.90 Å². The van der Waals surface area contributed by atoms with Crippen molar-refractivity contribution in [1.82, 2.24) is 10.3 Å². The number of thiazole rings is 1. The van der Waals surface area contributed by atoms with E-state index < -0.39 is 5.60 Å². The van der Waals surface area contributed by atoms with Crippen LogP contribution >= 0.6 is 23.1 Å². The van der Waals surface area contributed by atoms with Crippen molar-refractivity contribution in [2.24, 2.45) is 0 Å². The summed E-state index contributed by atoms with van der Waals surface area (Å²) in [6.45, 7) is 3.83. The zero-order valence-electron chi connectivity index (χ0n) is 12.9. The normalized spacial score (nSPS) is 13.8. The monoisotopic (exact) mass is 340 g/mol. The van der Waals surface area contributed by atoms with E-state index in [1.807, 2.05) is 30.7 Å². The third-order valence-corrected chi connectivity index (χ3v) is 4.78. The topological polar surface area (TPSA) is 75.4 Å². The molecule has 2 N–H and O–H groups in total. The Kier molecular flexibility index (Phi) is 5.66. The third-order valence-electron chi connectivity index (χ3n) is 2.97. The van der Waals surface area contributed by atoms with Crippen LogP contribution in [0.5, 0.6) is 0 Å². The maximum absolute atomic E-state index is 11.9. The Morgan fingerprint density at radius 2 is 2.32 bits per heavy atom. The third kappa shape index (κ3) is 4.86. The summed E-state index contributed by atoms with van der Waals surface area (Å²) in [5, 5.41) is 15.4. The van der Waals surface area contributed by atoms with Gasteiger partial charge in [-0.25, -0.2) is 4.98 Å². The molecule has 2 aromatic heterocycles. The number of nitrogens with zero attached hydrogens (tertiary/aromatic N) is 1. The molecule has 0 aliphatic carbocycles. The average molecular weight is 340 g/mol. The lowest BCUT2D eigenvalue weighted by Gasteiger charge is -2.22. The number of amides is 1. The number of aromatic nitrogens is 1. The van der Waals surface area contributed by atoms with Crippen molar-refractivity contribution >= 4 is 29.0 Å². The number of hydrogen-bond acceptors (Lipinski definition) is 6. The van der Waals surface area contributed by atoms with E-state index in [1.165, 1.54) is 11.3 Å². The molecule has 0 fully saturated rings. The quantitative estimate of drug-likeness (QED) is 0.810. The first-order valence-electron chi connectivity index (χ1n) is 6.89. The van der Waals surface area contributed by atoms with E-state index in [2.05, 4.69) is 10.3 Å². The molecule has 2 heterocycles. The van der Waals surface area contributed by atoms with Crippen LogP contribution in [-0.4, -0.2) is 40.2 Å². The highest BCUT2D eigenvalue weighted by atomic mass is 32.2. The summed E-state index contributed by atoms with van der Waals surface area (Å²) in [6.07, 6.45) is 2.12. The maximum atomic E-state index is 11.9.